The van der Waals surface area contributed by atoms with E-state index in [-0.39, 0.29) is 23.8 Å². The van der Waals surface area contributed by atoms with E-state index in [1.807, 2.05) is 12.1 Å². The van der Waals surface area contributed by atoms with Gasteiger partial charge in [0.25, 0.3) is 0 Å². The third-order valence-corrected chi connectivity index (χ3v) is 11.0. The fraction of sp³-hybridized carbons (Fsp3) is 0.576. The molecular formula is C33H39ClN8O3. The summed E-state index contributed by atoms with van der Waals surface area (Å²) < 4.78 is 7.22. The highest BCUT2D eigenvalue weighted by molar-refractivity contribution is 6.30. The van der Waals surface area contributed by atoms with E-state index < -0.39 is 5.76 Å². The van der Waals surface area contributed by atoms with Gasteiger partial charge in [0.15, 0.2) is 0 Å². The van der Waals surface area contributed by atoms with Crippen LogP contribution in [0, 0.1) is 17.8 Å². The number of fused-ring (bicyclic) bond motifs is 2. The topological polar surface area (TPSA) is 126 Å². The summed E-state index contributed by atoms with van der Waals surface area (Å²) in [4.78, 5) is 47.5. The number of halogens is 1. The Morgan fingerprint density at radius 2 is 1.80 bits per heavy atom. The second-order valence-electron chi connectivity index (χ2n) is 13.6. The number of aromatic nitrogens is 6. The van der Waals surface area contributed by atoms with Crippen molar-refractivity contribution in [1.29, 1.82) is 0 Å². The van der Waals surface area contributed by atoms with Gasteiger partial charge in [0.2, 0.25) is 17.7 Å². The Balaban J connectivity index is 1.27. The van der Waals surface area contributed by atoms with E-state index in [0.29, 0.717) is 28.2 Å². The van der Waals surface area contributed by atoms with Crippen molar-refractivity contribution in [2.24, 2.45) is 17.8 Å². The quantitative estimate of drug-likeness (QED) is 0.288. The highest BCUT2D eigenvalue weighted by Gasteiger charge is 2.45. The van der Waals surface area contributed by atoms with E-state index in [2.05, 4.69) is 36.4 Å². The number of carbonyl (C=O) groups is 1. The van der Waals surface area contributed by atoms with Gasteiger partial charge in [-0.25, -0.2) is 14.8 Å². The zero-order valence-electron chi connectivity index (χ0n) is 25.6. The molecule has 4 aliphatic rings. The summed E-state index contributed by atoms with van der Waals surface area (Å²) >= 11 is 6.45. The lowest BCUT2D eigenvalue weighted by Gasteiger charge is -2.47. The molecule has 1 N–H and O–H groups in total. The first kappa shape index (κ1) is 28.7. The van der Waals surface area contributed by atoms with Gasteiger partial charge in [0, 0.05) is 43.5 Å². The van der Waals surface area contributed by atoms with Crippen molar-refractivity contribution in [1.82, 2.24) is 34.6 Å². The van der Waals surface area contributed by atoms with E-state index in [0.717, 1.165) is 86.6 Å². The van der Waals surface area contributed by atoms with Crippen LogP contribution in [0.25, 0.3) is 33.8 Å². The number of anilines is 1. The summed E-state index contributed by atoms with van der Waals surface area (Å²) in [5.74, 6) is 2.37. The molecule has 0 radical (unpaired) electrons. The van der Waals surface area contributed by atoms with Crippen LogP contribution in [0.2, 0.25) is 5.02 Å². The summed E-state index contributed by atoms with van der Waals surface area (Å²) in [6, 6.07) is 4.18. The number of rotatable bonds is 6. The number of hydrogen-bond acceptors (Lipinski definition) is 8. The van der Waals surface area contributed by atoms with Crippen LogP contribution in [-0.2, 0) is 11.3 Å². The molecule has 4 aromatic heterocycles. The summed E-state index contributed by atoms with van der Waals surface area (Å²) in [6.07, 6.45) is 14.6. The van der Waals surface area contributed by atoms with Crippen molar-refractivity contribution >= 4 is 34.5 Å². The van der Waals surface area contributed by atoms with Gasteiger partial charge in [-0.15, -0.1) is 0 Å². The van der Waals surface area contributed by atoms with Crippen LogP contribution >= 0.6 is 11.6 Å². The van der Waals surface area contributed by atoms with E-state index in [9.17, 15) is 9.59 Å². The molecule has 0 aromatic carbocycles. The van der Waals surface area contributed by atoms with Crippen LogP contribution in [0.15, 0.2) is 33.8 Å². The van der Waals surface area contributed by atoms with Crippen molar-refractivity contribution in [3.63, 3.8) is 0 Å². The molecule has 2 atom stereocenters. The molecule has 1 amide bonds. The standard InChI is InChI=1S/C33H39ClN8O3/c1-19-8-10-20(11-9-19)18-42-29-24(15-25(30-38-33(44)45-39-30)36-28(29)22-14-23(34)17-35-16-22)37-32(42)41-13-12-40(26-6-3-7-27(26)41)31(43)21-4-2-5-21/h14-17,19-21,26-27H,2-13,18H2,1H3,(H,38,39,44)/t19?,20?,26-,27-/m0/s1. The Kier molecular flexibility index (Phi) is 7.38. The third kappa shape index (κ3) is 5.22. The number of pyridine rings is 2. The smallest absolute Gasteiger partial charge is 0.336 e. The summed E-state index contributed by atoms with van der Waals surface area (Å²) in [5.41, 5.74) is 3.59. The number of carbonyl (C=O) groups excluding carboxylic acids is 1. The molecule has 12 heteroatoms. The molecule has 0 spiro atoms. The Labute approximate surface area is 266 Å². The summed E-state index contributed by atoms with van der Waals surface area (Å²) in [6.45, 7) is 4.65. The van der Waals surface area contributed by atoms with Crippen LogP contribution < -0.4 is 10.7 Å². The maximum Gasteiger partial charge on any atom is 0.439 e. The van der Waals surface area contributed by atoms with Gasteiger partial charge in [0.05, 0.1) is 33.8 Å². The van der Waals surface area contributed by atoms with E-state index in [1.165, 1.54) is 25.7 Å². The monoisotopic (exact) mass is 630 g/mol. The van der Waals surface area contributed by atoms with Crippen LogP contribution in [0.1, 0.15) is 71.1 Å². The molecule has 8 rings (SSSR count). The van der Waals surface area contributed by atoms with Crippen molar-refractivity contribution in [2.45, 2.75) is 89.8 Å². The Morgan fingerprint density at radius 1 is 1.00 bits per heavy atom. The highest BCUT2D eigenvalue weighted by Crippen LogP contribution is 2.41. The van der Waals surface area contributed by atoms with Crippen LogP contribution in [-0.4, -0.2) is 65.6 Å². The van der Waals surface area contributed by atoms with Crippen LogP contribution in [0.3, 0.4) is 0 Å². The van der Waals surface area contributed by atoms with Gasteiger partial charge < -0.3 is 14.4 Å². The van der Waals surface area contributed by atoms with Crippen LogP contribution in [0.5, 0.6) is 0 Å². The molecular weight excluding hydrogens is 592 g/mol. The maximum atomic E-state index is 13.5. The molecule has 4 aromatic rings. The molecule has 5 heterocycles. The van der Waals surface area contributed by atoms with Crippen molar-refractivity contribution < 1.29 is 9.32 Å². The zero-order valence-corrected chi connectivity index (χ0v) is 26.4. The number of imidazole rings is 1. The van der Waals surface area contributed by atoms with Crippen LogP contribution in [0.4, 0.5) is 5.95 Å². The van der Waals surface area contributed by atoms with E-state index >= 15 is 0 Å². The average molecular weight is 631 g/mol. The van der Waals surface area contributed by atoms with Crippen molar-refractivity contribution in [3.8, 4) is 22.8 Å². The number of nitrogens with one attached hydrogen (secondary N) is 1. The Hall–Kier alpha value is -3.73. The lowest BCUT2D eigenvalue weighted by molar-refractivity contribution is -0.141. The Bertz CT molecular complexity index is 1790. The first-order chi connectivity index (χ1) is 21.9. The number of nitrogens with zero attached hydrogens (tertiary/aromatic N) is 7. The summed E-state index contributed by atoms with van der Waals surface area (Å²) in [7, 11) is 0. The molecule has 4 fully saturated rings. The van der Waals surface area contributed by atoms with Crippen molar-refractivity contribution in [3.05, 3.63) is 40.1 Å². The van der Waals surface area contributed by atoms with Gasteiger partial charge in [0.1, 0.15) is 5.69 Å². The van der Waals surface area contributed by atoms with Gasteiger partial charge in [-0.2, -0.15) is 0 Å². The number of amides is 1. The predicted octanol–water partition coefficient (Wildman–Crippen LogP) is 5.69. The molecule has 0 unspecified atom stereocenters. The first-order valence-electron chi connectivity index (χ1n) is 16.6. The molecule has 3 saturated carbocycles. The number of piperazine rings is 1. The molecule has 1 saturated heterocycles. The largest absolute Gasteiger partial charge is 0.439 e. The molecule has 3 aliphatic carbocycles. The molecule has 236 valence electrons. The minimum Gasteiger partial charge on any atom is -0.336 e. The third-order valence-electron chi connectivity index (χ3n) is 10.8. The molecule has 45 heavy (non-hydrogen) atoms. The predicted molar refractivity (Wildman–Crippen MR) is 171 cm³/mol. The van der Waals surface area contributed by atoms with Crippen molar-refractivity contribution in [2.75, 3.05) is 18.0 Å². The fourth-order valence-corrected chi connectivity index (χ4v) is 8.29. The minimum atomic E-state index is -0.641. The molecule has 11 nitrogen and oxygen atoms in total. The fourth-order valence-electron chi connectivity index (χ4n) is 8.12. The normalized spacial score (nSPS) is 25.5. The van der Waals surface area contributed by atoms with Gasteiger partial charge in [-0.05, 0) is 68.9 Å². The average Bonchev–Trinajstić information content (AvgIpc) is 3.75. The lowest BCUT2D eigenvalue weighted by atomic mass is 9.83. The zero-order chi connectivity index (χ0) is 30.7. The van der Waals surface area contributed by atoms with E-state index in [4.69, 9.17) is 26.1 Å². The Morgan fingerprint density at radius 3 is 2.53 bits per heavy atom. The number of hydrogen-bond donors (Lipinski definition) is 1. The first-order valence-corrected chi connectivity index (χ1v) is 17.0. The molecule has 1 aliphatic heterocycles. The molecule has 0 bridgehead atoms. The highest BCUT2D eigenvalue weighted by atomic mass is 35.5. The second kappa shape index (κ2) is 11.6. The van der Waals surface area contributed by atoms with Gasteiger partial charge >= 0.3 is 5.76 Å². The SMILES string of the molecule is CC1CCC(Cn2c(N3CCN(C(=O)C4CCC4)[C@H]4CCC[C@@H]43)nc3cc(-c4noc(=O)[nH]4)nc(-c4cncc(Cl)c4)c32)CC1. The second-order valence-corrected chi connectivity index (χ2v) is 14.1. The minimum absolute atomic E-state index is 0.206. The number of H-pyrrole nitrogens is 1. The van der Waals surface area contributed by atoms with Gasteiger partial charge in [-0.3, -0.25) is 19.3 Å². The van der Waals surface area contributed by atoms with E-state index in [1.54, 1.807) is 12.4 Å². The summed E-state index contributed by atoms with van der Waals surface area (Å²) in [5, 5.41) is 4.44. The lowest BCUT2D eigenvalue weighted by Crippen LogP contribution is -2.61. The van der Waals surface area contributed by atoms with Gasteiger partial charge in [-0.1, -0.05) is 42.9 Å². The maximum absolute atomic E-state index is 13.5. The number of aromatic amines is 1.